The summed E-state index contributed by atoms with van der Waals surface area (Å²) in [6.07, 6.45) is -1.40. The van der Waals surface area contributed by atoms with Gasteiger partial charge in [-0.2, -0.15) is 5.26 Å². The van der Waals surface area contributed by atoms with Crippen LogP contribution in [0, 0.1) is 18.3 Å². The number of aryl methyl sites for hydroxylation is 1. The minimum atomic E-state index is -2.72. The third kappa shape index (κ3) is 1.83. The van der Waals surface area contributed by atoms with Crippen LogP contribution in [0.1, 0.15) is 23.2 Å². The maximum atomic E-state index is 12.3. The summed E-state index contributed by atoms with van der Waals surface area (Å²) in [6.45, 7) is 1.69. The third-order valence-electron chi connectivity index (χ3n) is 1.54. The standard InChI is InChI=1S/C8H5BrF2N2/c1-4-3-13-7(8(10)11)5(2-12)6(4)9/h3,8H,1H3. The Morgan fingerprint density at radius 1 is 1.62 bits per heavy atom. The van der Waals surface area contributed by atoms with Crippen molar-refractivity contribution >= 4 is 15.9 Å². The fourth-order valence-electron chi connectivity index (χ4n) is 0.869. The van der Waals surface area contributed by atoms with Crippen LogP contribution in [-0.4, -0.2) is 4.98 Å². The van der Waals surface area contributed by atoms with E-state index in [0.717, 1.165) is 0 Å². The van der Waals surface area contributed by atoms with Gasteiger partial charge in [-0.1, -0.05) is 0 Å². The first kappa shape index (κ1) is 10.1. The summed E-state index contributed by atoms with van der Waals surface area (Å²) in [5.41, 5.74) is 0.107. The molecule has 1 rings (SSSR count). The number of halogens is 3. The minimum absolute atomic E-state index is 0.0880. The number of hydrogen-bond donors (Lipinski definition) is 0. The van der Waals surface area contributed by atoms with Gasteiger partial charge >= 0.3 is 0 Å². The molecule has 0 aliphatic heterocycles. The summed E-state index contributed by atoms with van der Waals surface area (Å²) in [4.78, 5) is 3.51. The van der Waals surface area contributed by atoms with Crippen molar-refractivity contribution in [3.05, 3.63) is 27.5 Å². The number of nitrogens with zero attached hydrogens (tertiary/aromatic N) is 2. The first-order valence-electron chi connectivity index (χ1n) is 3.41. The van der Waals surface area contributed by atoms with Crippen molar-refractivity contribution in [1.82, 2.24) is 4.98 Å². The zero-order chi connectivity index (χ0) is 10.0. The summed E-state index contributed by atoms with van der Waals surface area (Å²) in [6, 6.07) is 1.70. The average molecular weight is 247 g/mol. The molecule has 0 spiro atoms. The average Bonchev–Trinajstić information content (AvgIpc) is 2.09. The van der Waals surface area contributed by atoms with E-state index in [9.17, 15) is 8.78 Å². The van der Waals surface area contributed by atoms with Crippen LogP contribution in [0.4, 0.5) is 8.78 Å². The lowest BCUT2D eigenvalue weighted by atomic mass is 10.1. The first-order chi connectivity index (χ1) is 6.07. The van der Waals surface area contributed by atoms with Gasteiger partial charge < -0.3 is 0 Å². The van der Waals surface area contributed by atoms with Crippen LogP contribution >= 0.6 is 15.9 Å². The Hall–Kier alpha value is -1.02. The summed E-state index contributed by atoms with van der Waals surface area (Å²) in [5, 5.41) is 8.62. The Balaban J connectivity index is 3.41. The third-order valence-corrected chi connectivity index (χ3v) is 2.56. The number of nitriles is 1. The van der Waals surface area contributed by atoms with Gasteiger partial charge in [-0.25, -0.2) is 8.78 Å². The van der Waals surface area contributed by atoms with Crippen LogP contribution < -0.4 is 0 Å². The highest BCUT2D eigenvalue weighted by molar-refractivity contribution is 9.10. The predicted molar refractivity (Wildman–Crippen MR) is 46.3 cm³/mol. The fourth-order valence-corrected chi connectivity index (χ4v) is 1.26. The molecule has 2 nitrogen and oxygen atoms in total. The molecule has 13 heavy (non-hydrogen) atoms. The second-order valence-electron chi connectivity index (χ2n) is 2.43. The number of alkyl halides is 2. The van der Waals surface area contributed by atoms with Crippen molar-refractivity contribution < 1.29 is 8.78 Å². The van der Waals surface area contributed by atoms with E-state index in [-0.39, 0.29) is 5.56 Å². The second kappa shape index (κ2) is 3.79. The molecule has 0 aliphatic carbocycles. The quantitative estimate of drug-likeness (QED) is 0.764. The van der Waals surface area contributed by atoms with Gasteiger partial charge in [0.25, 0.3) is 6.43 Å². The van der Waals surface area contributed by atoms with Gasteiger partial charge in [-0.15, -0.1) is 0 Å². The van der Waals surface area contributed by atoms with E-state index >= 15 is 0 Å². The SMILES string of the molecule is Cc1cnc(C(F)F)c(C#N)c1Br. The van der Waals surface area contributed by atoms with Gasteiger partial charge in [0.2, 0.25) is 0 Å². The fraction of sp³-hybridized carbons (Fsp3) is 0.250. The van der Waals surface area contributed by atoms with Gasteiger partial charge in [0, 0.05) is 10.7 Å². The van der Waals surface area contributed by atoms with Crippen molar-refractivity contribution in [3.8, 4) is 6.07 Å². The molecule has 0 aromatic carbocycles. The van der Waals surface area contributed by atoms with Crippen LogP contribution in [0.2, 0.25) is 0 Å². The van der Waals surface area contributed by atoms with Crippen LogP contribution in [0.15, 0.2) is 10.7 Å². The molecule has 0 N–H and O–H groups in total. The van der Waals surface area contributed by atoms with Crippen LogP contribution in [0.5, 0.6) is 0 Å². The molecular formula is C8H5BrF2N2. The van der Waals surface area contributed by atoms with Gasteiger partial charge in [0.15, 0.2) is 0 Å². The van der Waals surface area contributed by atoms with Crippen molar-refractivity contribution in [2.24, 2.45) is 0 Å². The molecule has 0 fully saturated rings. The Labute approximate surface area is 82.3 Å². The van der Waals surface area contributed by atoms with E-state index < -0.39 is 12.1 Å². The van der Waals surface area contributed by atoms with Gasteiger partial charge in [0.05, 0.1) is 5.56 Å². The van der Waals surface area contributed by atoms with Crippen LogP contribution in [0.25, 0.3) is 0 Å². The van der Waals surface area contributed by atoms with E-state index in [1.807, 2.05) is 0 Å². The van der Waals surface area contributed by atoms with Crippen LogP contribution in [0.3, 0.4) is 0 Å². The highest BCUT2D eigenvalue weighted by Crippen LogP contribution is 2.28. The number of rotatable bonds is 1. The molecule has 0 bridgehead atoms. The summed E-state index contributed by atoms with van der Waals surface area (Å²) in [5.74, 6) is 0. The lowest BCUT2D eigenvalue weighted by molar-refractivity contribution is 0.145. The Morgan fingerprint density at radius 3 is 2.69 bits per heavy atom. The minimum Gasteiger partial charge on any atom is -0.254 e. The topological polar surface area (TPSA) is 36.7 Å². The van der Waals surface area contributed by atoms with E-state index in [4.69, 9.17) is 5.26 Å². The maximum Gasteiger partial charge on any atom is 0.281 e. The molecule has 1 heterocycles. The normalized spacial score (nSPS) is 10.2. The van der Waals surface area contributed by atoms with Crippen molar-refractivity contribution in [2.75, 3.05) is 0 Å². The molecule has 0 unspecified atom stereocenters. The maximum absolute atomic E-state index is 12.3. The Bertz CT molecular complexity index is 371. The van der Waals surface area contributed by atoms with Gasteiger partial charge in [-0.3, -0.25) is 4.98 Å². The number of hydrogen-bond acceptors (Lipinski definition) is 2. The molecule has 1 aromatic rings. The van der Waals surface area contributed by atoms with E-state index in [2.05, 4.69) is 20.9 Å². The summed E-state index contributed by atoms with van der Waals surface area (Å²) < 4.78 is 25.0. The molecule has 5 heteroatoms. The van der Waals surface area contributed by atoms with Gasteiger partial charge in [-0.05, 0) is 28.4 Å². The molecule has 0 saturated carbocycles. The van der Waals surface area contributed by atoms with Gasteiger partial charge in [0.1, 0.15) is 11.8 Å². The van der Waals surface area contributed by atoms with Crippen molar-refractivity contribution in [3.63, 3.8) is 0 Å². The molecule has 1 aromatic heterocycles. The molecule has 0 atom stereocenters. The Morgan fingerprint density at radius 2 is 2.23 bits per heavy atom. The molecule has 0 aliphatic rings. The number of pyridine rings is 1. The highest BCUT2D eigenvalue weighted by atomic mass is 79.9. The van der Waals surface area contributed by atoms with Crippen molar-refractivity contribution in [2.45, 2.75) is 13.3 Å². The summed E-state index contributed by atoms with van der Waals surface area (Å²) >= 11 is 3.06. The molecular weight excluding hydrogens is 242 g/mol. The lowest BCUT2D eigenvalue weighted by Gasteiger charge is -2.05. The van der Waals surface area contributed by atoms with E-state index in [1.165, 1.54) is 6.20 Å². The smallest absolute Gasteiger partial charge is 0.254 e. The molecule has 0 radical (unpaired) electrons. The van der Waals surface area contributed by atoms with Crippen LogP contribution in [-0.2, 0) is 0 Å². The summed E-state index contributed by atoms with van der Waals surface area (Å²) in [7, 11) is 0. The first-order valence-corrected chi connectivity index (χ1v) is 4.20. The predicted octanol–water partition coefficient (Wildman–Crippen LogP) is 2.96. The molecule has 0 amide bonds. The largest absolute Gasteiger partial charge is 0.281 e. The highest BCUT2D eigenvalue weighted by Gasteiger charge is 2.18. The second-order valence-corrected chi connectivity index (χ2v) is 3.22. The molecule has 68 valence electrons. The van der Waals surface area contributed by atoms with E-state index in [1.54, 1.807) is 13.0 Å². The lowest BCUT2D eigenvalue weighted by Crippen LogP contribution is -1.97. The zero-order valence-electron chi connectivity index (χ0n) is 6.68. The monoisotopic (exact) mass is 246 g/mol. The van der Waals surface area contributed by atoms with Crippen molar-refractivity contribution in [1.29, 1.82) is 5.26 Å². The Kier molecular flexibility index (Phi) is 2.94. The van der Waals surface area contributed by atoms with E-state index in [0.29, 0.717) is 10.0 Å². The molecule has 0 saturated heterocycles. The number of aromatic nitrogens is 1. The zero-order valence-corrected chi connectivity index (χ0v) is 8.27.